The number of ether oxygens (including phenoxy) is 1. The number of allylic oxidation sites excluding steroid dienone is 2. The van der Waals surface area contributed by atoms with Crippen molar-refractivity contribution in [2.45, 2.75) is 26.2 Å². The third kappa shape index (κ3) is 5.44. The summed E-state index contributed by atoms with van der Waals surface area (Å²) in [6, 6.07) is 19.9. The highest BCUT2D eigenvalue weighted by molar-refractivity contribution is 5.99. The minimum Gasteiger partial charge on any atom is -0.492 e. The zero-order valence-electron chi connectivity index (χ0n) is 20.9. The predicted molar refractivity (Wildman–Crippen MR) is 145 cm³/mol. The Bertz CT molecular complexity index is 1290. The Balaban J connectivity index is 1.14. The van der Waals surface area contributed by atoms with Gasteiger partial charge in [0.05, 0.1) is 12.1 Å². The molecule has 3 heterocycles. The number of para-hydroxylation sites is 1. The number of nitrogens with two attached hydrogens (primary N) is 1. The van der Waals surface area contributed by atoms with Gasteiger partial charge in [0.25, 0.3) is 5.91 Å². The van der Waals surface area contributed by atoms with Gasteiger partial charge in [0.1, 0.15) is 18.1 Å². The van der Waals surface area contributed by atoms with Crippen LogP contribution in [0.1, 0.15) is 42.2 Å². The Morgan fingerprint density at radius 1 is 1.11 bits per heavy atom. The number of nitrogens with one attached hydrogen (secondary N) is 1. The third-order valence-corrected chi connectivity index (χ3v) is 7.25. The number of nitrogen functional groups attached to an aromatic ring is 1. The lowest BCUT2D eigenvalue weighted by molar-refractivity contribution is 0.0929. The number of carbonyl (C=O) groups is 1. The summed E-state index contributed by atoms with van der Waals surface area (Å²) in [5, 5.41) is 3.95. The molecule has 3 N–H and O–H groups in total. The fourth-order valence-corrected chi connectivity index (χ4v) is 5.07. The van der Waals surface area contributed by atoms with Crippen LogP contribution in [0.4, 0.5) is 5.69 Å². The molecule has 186 valence electrons. The summed E-state index contributed by atoms with van der Waals surface area (Å²) < 4.78 is 6.12. The van der Waals surface area contributed by atoms with Crippen molar-refractivity contribution in [3.05, 3.63) is 89.3 Å². The van der Waals surface area contributed by atoms with Crippen LogP contribution in [0.15, 0.2) is 78.1 Å². The zero-order chi connectivity index (χ0) is 24.9. The van der Waals surface area contributed by atoms with Gasteiger partial charge >= 0.3 is 0 Å². The number of aromatic nitrogens is 1. The van der Waals surface area contributed by atoms with E-state index in [-0.39, 0.29) is 5.91 Å². The molecule has 1 fully saturated rings. The van der Waals surface area contributed by atoms with Gasteiger partial charge in [0.15, 0.2) is 0 Å². The predicted octanol–water partition coefficient (Wildman–Crippen LogP) is 5.04. The molecule has 0 aliphatic carbocycles. The number of nitrogens with zero attached hydrogens (tertiary/aromatic N) is 2. The van der Waals surface area contributed by atoms with Crippen LogP contribution in [-0.4, -0.2) is 48.6 Å². The van der Waals surface area contributed by atoms with Crippen molar-refractivity contribution < 1.29 is 9.53 Å². The highest BCUT2D eigenvalue weighted by Gasteiger charge is 2.23. The minimum absolute atomic E-state index is 0.164. The van der Waals surface area contributed by atoms with Crippen LogP contribution < -0.4 is 11.1 Å². The summed E-state index contributed by atoms with van der Waals surface area (Å²) in [5.74, 6) is 1.33. The van der Waals surface area contributed by atoms with Crippen molar-refractivity contribution in [1.29, 1.82) is 0 Å². The SMILES string of the molecule is CCC1=C(c2ccccc2)C=C(CN2CCC(CNC(=O)c3cc(N)c4ccccc4n3)CC2)OC1. The fourth-order valence-electron chi connectivity index (χ4n) is 5.07. The van der Waals surface area contributed by atoms with E-state index in [0.717, 1.165) is 55.6 Å². The van der Waals surface area contributed by atoms with Gasteiger partial charge in [-0.2, -0.15) is 0 Å². The van der Waals surface area contributed by atoms with Gasteiger partial charge in [0.2, 0.25) is 0 Å². The van der Waals surface area contributed by atoms with E-state index in [4.69, 9.17) is 10.5 Å². The number of likely N-dealkylation sites (tertiary alicyclic amines) is 1. The van der Waals surface area contributed by atoms with Crippen molar-refractivity contribution in [1.82, 2.24) is 15.2 Å². The maximum absolute atomic E-state index is 12.7. The van der Waals surface area contributed by atoms with Crippen LogP contribution in [0, 0.1) is 5.92 Å². The first-order valence-corrected chi connectivity index (χ1v) is 12.9. The van der Waals surface area contributed by atoms with Crippen LogP contribution in [-0.2, 0) is 4.74 Å². The Kier molecular flexibility index (Phi) is 7.33. The number of rotatable bonds is 7. The second-order valence-corrected chi connectivity index (χ2v) is 9.68. The number of benzene rings is 2. The Hall–Kier alpha value is -3.64. The number of carbonyl (C=O) groups excluding carboxylic acids is 1. The largest absolute Gasteiger partial charge is 0.492 e. The van der Waals surface area contributed by atoms with Crippen molar-refractivity contribution in [3.8, 4) is 0 Å². The van der Waals surface area contributed by atoms with E-state index in [1.54, 1.807) is 6.07 Å². The van der Waals surface area contributed by atoms with Gasteiger partial charge in [-0.25, -0.2) is 4.98 Å². The van der Waals surface area contributed by atoms with E-state index >= 15 is 0 Å². The molecule has 5 rings (SSSR count). The second kappa shape index (κ2) is 11.0. The Morgan fingerprint density at radius 2 is 1.86 bits per heavy atom. The van der Waals surface area contributed by atoms with Crippen LogP contribution in [0.5, 0.6) is 0 Å². The molecule has 2 aliphatic heterocycles. The number of fused-ring (bicyclic) bond motifs is 1. The van der Waals surface area contributed by atoms with Gasteiger partial charge in [0, 0.05) is 17.6 Å². The molecule has 0 atom stereocenters. The first-order valence-electron chi connectivity index (χ1n) is 12.9. The normalized spacial score (nSPS) is 17.1. The van der Waals surface area contributed by atoms with Gasteiger partial charge in [-0.3, -0.25) is 9.69 Å². The van der Waals surface area contributed by atoms with Crippen LogP contribution in [0.3, 0.4) is 0 Å². The molecule has 36 heavy (non-hydrogen) atoms. The number of hydrogen-bond donors (Lipinski definition) is 2. The molecule has 0 bridgehead atoms. The zero-order valence-corrected chi connectivity index (χ0v) is 20.9. The third-order valence-electron chi connectivity index (χ3n) is 7.25. The molecule has 1 amide bonds. The standard InChI is InChI=1S/C30H34N4O2/c1-2-22-20-36-24(16-26(22)23-8-4-3-5-9-23)19-34-14-12-21(13-15-34)18-32-30(35)29-17-27(31)25-10-6-7-11-28(25)33-29/h3-11,16-17,21H,2,12-15,18-20H2,1H3,(H2,31,33)(H,32,35). The summed E-state index contributed by atoms with van der Waals surface area (Å²) in [6.07, 6.45) is 5.31. The lowest BCUT2D eigenvalue weighted by atomic mass is 9.95. The number of anilines is 1. The molecule has 0 radical (unpaired) electrons. The second-order valence-electron chi connectivity index (χ2n) is 9.68. The molecular formula is C30H34N4O2. The summed E-state index contributed by atoms with van der Waals surface area (Å²) in [6.45, 7) is 6.33. The number of pyridine rings is 1. The monoisotopic (exact) mass is 482 g/mol. The number of amides is 1. The van der Waals surface area contributed by atoms with Crippen LogP contribution >= 0.6 is 0 Å². The molecule has 1 saturated heterocycles. The molecule has 0 unspecified atom stereocenters. The molecule has 3 aromatic rings. The molecule has 6 heteroatoms. The lowest BCUT2D eigenvalue weighted by Crippen LogP contribution is -2.39. The summed E-state index contributed by atoms with van der Waals surface area (Å²) in [7, 11) is 0. The summed E-state index contributed by atoms with van der Waals surface area (Å²) in [5.41, 5.74) is 11.7. The van der Waals surface area contributed by atoms with Crippen LogP contribution in [0.25, 0.3) is 16.5 Å². The molecule has 2 aromatic carbocycles. The quantitative estimate of drug-likeness (QED) is 0.493. The van der Waals surface area contributed by atoms with Gasteiger partial charge in [-0.1, -0.05) is 55.5 Å². The molecule has 0 spiro atoms. The van der Waals surface area contributed by atoms with Gasteiger partial charge in [-0.15, -0.1) is 0 Å². The van der Waals surface area contributed by atoms with E-state index < -0.39 is 0 Å². The molecule has 1 aromatic heterocycles. The minimum atomic E-state index is -0.164. The number of piperidine rings is 1. The topological polar surface area (TPSA) is 80.5 Å². The summed E-state index contributed by atoms with van der Waals surface area (Å²) in [4.78, 5) is 19.7. The highest BCUT2D eigenvalue weighted by Crippen LogP contribution is 2.29. The smallest absolute Gasteiger partial charge is 0.269 e. The average molecular weight is 483 g/mol. The molecule has 2 aliphatic rings. The maximum atomic E-state index is 12.7. The fraction of sp³-hybridized carbons (Fsp3) is 0.333. The molecular weight excluding hydrogens is 448 g/mol. The van der Waals surface area contributed by atoms with Gasteiger partial charge in [-0.05, 0) is 73.2 Å². The highest BCUT2D eigenvalue weighted by atomic mass is 16.5. The average Bonchev–Trinajstić information content (AvgIpc) is 2.93. The van der Waals surface area contributed by atoms with E-state index in [2.05, 4.69) is 58.5 Å². The van der Waals surface area contributed by atoms with Gasteiger partial charge < -0.3 is 15.8 Å². The van der Waals surface area contributed by atoms with Crippen molar-refractivity contribution >= 4 is 28.1 Å². The van der Waals surface area contributed by atoms with Crippen molar-refractivity contribution in [2.24, 2.45) is 5.92 Å². The van der Waals surface area contributed by atoms with E-state index in [1.807, 2.05) is 24.3 Å². The van der Waals surface area contributed by atoms with Crippen LogP contribution in [0.2, 0.25) is 0 Å². The number of hydrogen-bond acceptors (Lipinski definition) is 5. The Morgan fingerprint density at radius 3 is 2.64 bits per heavy atom. The maximum Gasteiger partial charge on any atom is 0.269 e. The first kappa shape index (κ1) is 24.1. The molecule has 0 saturated carbocycles. The Labute approximate surface area is 212 Å². The summed E-state index contributed by atoms with van der Waals surface area (Å²) >= 11 is 0. The van der Waals surface area contributed by atoms with Crippen molar-refractivity contribution in [2.75, 3.05) is 38.5 Å². The first-order chi connectivity index (χ1) is 17.6. The molecule has 6 nitrogen and oxygen atoms in total. The van der Waals surface area contributed by atoms with E-state index in [9.17, 15) is 4.79 Å². The van der Waals surface area contributed by atoms with E-state index in [0.29, 0.717) is 30.5 Å². The van der Waals surface area contributed by atoms with E-state index in [1.165, 1.54) is 16.7 Å². The van der Waals surface area contributed by atoms with Crippen molar-refractivity contribution in [3.63, 3.8) is 0 Å². The lowest BCUT2D eigenvalue weighted by Gasteiger charge is -2.33.